The first-order chi connectivity index (χ1) is 22.9. The predicted molar refractivity (Wildman–Crippen MR) is 182 cm³/mol. The smallest absolute Gasteiger partial charge is 0.410 e. The molecule has 8 rings (SSSR count). The summed E-state index contributed by atoms with van der Waals surface area (Å²) in [6.07, 6.45) is 4.14. The zero-order valence-corrected chi connectivity index (χ0v) is 28.4. The van der Waals surface area contributed by atoms with Crippen molar-refractivity contribution < 1.29 is 28.2 Å². The van der Waals surface area contributed by atoms with Gasteiger partial charge in [0.25, 0.3) is 0 Å². The first-order valence-electron chi connectivity index (χ1n) is 16.6. The van der Waals surface area contributed by atoms with Crippen LogP contribution in [0.3, 0.4) is 0 Å². The first-order valence-corrected chi connectivity index (χ1v) is 17.0. The predicted octanol–water partition coefficient (Wildman–Crippen LogP) is 7.54. The third-order valence-electron chi connectivity index (χ3n) is 9.81. The molecule has 4 saturated heterocycles. The summed E-state index contributed by atoms with van der Waals surface area (Å²) in [6, 6.07) is 9.63. The summed E-state index contributed by atoms with van der Waals surface area (Å²) in [5, 5.41) is 11.7. The van der Waals surface area contributed by atoms with Gasteiger partial charge in [0, 0.05) is 41.7 Å². The second kappa shape index (κ2) is 12.5. The minimum absolute atomic E-state index is 0.00956. The number of carbonyl (C=O) groups is 1. The van der Waals surface area contributed by atoms with Crippen LogP contribution >= 0.6 is 11.6 Å². The molecule has 4 aromatic rings. The largest absolute Gasteiger partial charge is 0.505 e. The van der Waals surface area contributed by atoms with Crippen LogP contribution in [0.5, 0.6) is 11.8 Å². The quantitative estimate of drug-likeness (QED) is 0.231. The Bertz CT molecular complexity index is 1900. The molecule has 1 aromatic heterocycles. The second-order valence-corrected chi connectivity index (χ2v) is 14.6. The van der Waals surface area contributed by atoms with Crippen molar-refractivity contribution in [2.45, 2.75) is 76.6 Å². The molecular weight excluding hydrogens is 640 g/mol. The van der Waals surface area contributed by atoms with Crippen molar-refractivity contribution in [3.8, 4) is 22.9 Å². The van der Waals surface area contributed by atoms with Crippen LogP contribution in [0.1, 0.15) is 52.9 Å². The number of ether oxygens (including phenoxy) is 2. The SMILES string of the molecule is CN1CCC[C@H]1COc1nc(N2CC3CCCC2CN3C(=O)OC(C)(C)C)c2cc(Cl)c(-c3c(F)c(O)cc4ccccc34)c(F)c2n1. The highest BCUT2D eigenvalue weighted by atomic mass is 35.5. The standard InChI is InChI=1S/C36H40ClF2N5O4/c1-36(2,3)48-35(46)44-18-21-10-7-11-22(44)17-43(21)33-25-16-26(37)29(28-24-13-6-5-9-20(24)15-27(45)30(28)38)31(39)32(25)40-34(41-33)47-19-23-12-8-14-42(23)4/h5-6,9,13,15-16,21-23,45H,7-8,10-12,14,17-19H2,1-4H3/t21?,22?,23-/m0/s1. The van der Waals surface area contributed by atoms with E-state index in [1.807, 2.05) is 27.8 Å². The molecule has 254 valence electrons. The van der Waals surface area contributed by atoms with Crippen LogP contribution in [-0.4, -0.2) is 88.0 Å². The number of anilines is 1. The lowest BCUT2D eigenvalue weighted by Crippen LogP contribution is -2.59. The van der Waals surface area contributed by atoms with Crippen LogP contribution in [0.2, 0.25) is 5.02 Å². The molecule has 5 heterocycles. The number of phenols is 1. The molecule has 12 heteroatoms. The van der Waals surface area contributed by atoms with Gasteiger partial charge in [-0.3, -0.25) is 0 Å². The summed E-state index contributed by atoms with van der Waals surface area (Å²) in [5.74, 6) is -1.98. The van der Waals surface area contributed by atoms with Crippen LogP contribution in [0, 0.1) is 11.6 Å². The van der Waals surface area contributed by atoms with Crippen molar-refractivity contribution in [1.82, 2.24) is 19.8 Å². The van der Waals surface area contributed by atoms with E-state index in [4.69, 9.17) is 26.1 Å². The first kappa shape index (κ1) is 32.6. The Morgan fingerprint density at radius 2 is 1.77 bits per heavy atom. The average Bonchev–Trinajstić information content (AvgIpc) is 3.21. The fraction of sp³-hybridized carbons (Fsp3) is 0.472. The molecule has 4 fully saturated rings. The number of benzene rings is 3. The van der Waals surface area contributed by atoms with Crippen LogP contribution < -0.4 is 9.64 Å². The molecule has 1 amide bonds. The number of carbonyl (C=O) groups excluding carboxylic acids is 1. The Morgan fingerprint density at radius 1 is 1.00 bits per heavy atom. The van der Waals surface area contributed by atoms with Gasteiger partial charge in [0.1, 0.15) is 23.5 Å². The van der Waals surface area contributed by atoms with Crippen LogP contribution in [-0.2, 0) is 4.74 Å². The highest BCUT2D eigenvalue weighted by Gasteiger charge is 2.42. The van der Waals surface area contributed by atoms with Gasteiger partial charge in [-0.15, -0.1) is 0 Å². The van der Waals surface area contributed by atoms with E-state index in [0.717, 1.165) is 38.6 Å². The fourth-order valence-corrected chi connectivity index (χ4v) is 7.71. The molecule has 2 unspecified atom stereocenters. The molecule has 2 bridgehead atoms. The van der Waals surface area contributed by atoms with E-state index in [1.54, 1.807) is 35.2 Å². The zero-order valence-electron chi connectivity index (χ0n) is 27.6. The van der Waals surface area contributed by atoms with E-state index in [2.05, 4.69) is 14.8 Å². The fourth-order valence-electron chi connectivity index (χ4n) is 7.42. The van der Waals surface area contributed by atoms with Crippen molar-refractivity contribution in [1.29, 1.82) is 0 Å². The van der Waals surface area contributed by atoms with Gasteiger partial charge in [-0.1, -0.05) is 35.9 Å². The normalized spacial score (nSPS) is 21.7. The number of likely N-dealkylation sites (N-methyl/N-ethyl adjacent to an activating group) is 1. The molecule has 0 radical (unpaired) electrons. The van der Waals surface area contributed by atoms with Crippen molar-refractivity contribution in [3.63, 3.8) is 0 Å². The zero-order chi connectivity index (χ0) is 33.9. The third-order valence-corrected chi connectivity index (χ3v) is 10.1. The van der Waals surface area contributed by atoms with Gasteiger partial charge in [0.05, 0.1) is 11.1 Å². The van der Waals surface area contributed by atoms with Crippen molar-refractivity contribution in [3.05, 3.63) is 53.1 Å². The molecular formula is C36H40ClF2N5O4. The van der Waals surface area contributed by atoms with Gasteiger partial charge in [-0.05, 0) is 89.4 Å². The van der Waals surface area contributed by atoms with Gasteiger partial charge in [-0.25, -0.2) is 13.6 Å². The summed E-state index contributed by atoms with van der Waals surface area (Å²) in [7, 11) is 2.04. The maximum absolute atomic E-state index is 17.0. The van der Waals surface area contributed by atoms with Crippen molar-refractivity contribution in [2.24, 2.45) is 0 Å². The maximum atomic E-state index is 17.0. The van der Waals surface area contributed by atoms with E-state index in [9.17, 15) is 9.90 Å². The van der Waals surface area contributed by atoms with E-state index >= 15 is 8.78 Å². The summed E-state index contributed by atoms with van der Waals surface area (Å²) in [5.41, 5.74) is -1.04. The minimum atomic E-state index is -0.976. The van der Waals surface area contributed by atoms with E-state index in [0.29, 0.717) is 41.7 Å². The summed E-state index contributed by atoms with van der Waals surface area (Å²) < 4.78 is 44.6. The molecule has 9 nitrogen and oxygen atoms in total. The van der Waals surface area contributed by atoms with Crippen LogP contribution in [0.25, 0.3) is 32.8 Å². The van der Waals surface area contributed by atoms with Gasteiger partial charge in [0.2, 0.25) is 0 Å². The van der Waals surface area contributed by atoms with Gasteiger partial charge < -0.3 is 29.3 Å². The Balaban J connectivity index is 1.36. The molecule has 0 spiro atoms. The number of likely N-dealkylation sites (tertiary alicyclic amines) is 1. The number of rotatable bonds is 5. The maximum Gasteiger partial charge on any atom is 0.410 e. The number of hydrogen-bond acceptors (Lipinski definition) is 8. The summed E-state index contributed by atoms with van der Waals surface area (Å²) in [6.45, 7) is 7.71. The molecule has 1 N–H and O–H groups in total. The number of amides is 1. The van der Waals surface area contributed by atoms with E-state index < -0.39 is 23.0 Å². The lowest BCUT2D eigenvalue weighted by atomic mass is 9.95. The topological polar surface area (TPSA) is 91.3 Å². The van der Waals surface area contributed by atoms with Gasteiger partial charge >= 0.3 is 12.1 Å². The van der Waals surface area contributed by atoms with E-state index in [-0.39, 0.29) is 51.9 Å². The highest BCUT2D eigenvalue weighted by Crippen LogP contribution is 2.45. The monoisotopic (exact) mass is 679 g/mol. The van der Waals surface area contributed by atoms with Crippen molar-refractivity contribution in [2.75, 3.05) is 38.2 Å². The molecule has 0 aliphatic carbocycles. The molecule has 4 aliphatic rings. The lowest BCUT2D eigenvalue weighted by molar-refractivity contribution is 0.0123. The van der Waals surface area contributed by atoms with Gasteiger partial charge in [-0.2, -0.15) is 9.97 Å². The Kier molecular flexibility index (Phi) is 8.48. The number of hydrogen-bond donors (Lipinski definition) is 1. The van der Waals surface area contributed by atoms with Gasteiger partial charge in [0.15, 0.2) is 17.4 Å². The molecule has 3 atom stereocenters. The number of halogens is 3. The summed E-state index contributed by atoms with van der Waals surface area (Å²) in [4.78, 5) is 28.8. The molecule has 0 saturated carbocycles. The minimum Gasteiger partial charge on any atom is -0.505 e. The molecule has 48 heavy (non-hydrogen) atoms. The van der Waals surface area contributed by atoms with Crippen LogP contribution in [0.15, 0.2) is 36.4 Å². The molecule has 3 aromatic carbocycles. The van der Waals surface area contributed by atoms with Crippen LogP contribution in [0.4, 0.5) is 19.4 Å². The Hall–Kier alpha value is -3.96. The Labute approximate surface area is 283 Å². The average molecular weight is 680 g/mol. The number of fused-ring (bicyclic) bond motifs is 6. The summed E-state index contributed by atoms with van der Waals surface area (Å²) >= 11 is 6.85. The number of piperazine rings is 1. The van der Waals surface area contributed by atoms with E-state index in [1.165, 1.54) is 6.07 Å². The lowest BCUT2D eigenvalue weighted by Gasteiger charge is -2.44. The number of aromatic hydroxyl groups is 1. The Morgan fingerprint density at radius 3 is 2.52 bits per heavy atom. The number of aromatic nitrogens is 2. The highest BCUT2D eigenvalue weighted by molar-refractivity contribution is 6.35. The molecule has 4 aliphatic heterocycles. The third kappa shape index (κ3) is 5.96. The number of nitrogens with zero attached hydrogens (tertiary/aromatic N) is 5. The second-order valence-electron chi connectivity index (χ2n) is 14.2. The van der Waals surface area contributed by atoms with Crippen molar-refractivity contribution >= 4 is 45.2 Å². The number of phenolic OH excluding ortho intramolecular Hbond substituents is 1.